The molecule has 1 aliphatic rings. The molecule has 2 rings (SSSR count). The van der Waals surface area contributed by atoms with E-state index in [0.717, 1.165) is 0 Å². The zero-order chi connectivity index (χ0) is 14.2. The van der Waals surface area contributed by atoms with Gasteiger partial charge in [0.2, 0.25) is 15.9 Å². The minimum Gasteiger partial charge on any atom is -0.325 e. The Bertz CT molecular complexity index is 655. The molecule has 1 aromatic rings. The number of carbonyl (C=O) groups is 1. The number of hydrogen-bond donors (Lipinski definition) is 2. The summed E-state index contributed by atoms with van der Waals surface area (Å²) in [6.45, 7) is 5.43. The Morgan fingerprint density at radius 2 is 2.21 bits per heavy atom. The average molecular weight is 345 g/mol. The number of fused-ring (bicyclic) bond motifs is 1. The van der Waals surface area contributed by atoms with Gasteiger partial charge >= 0.3 is 0 Å². The van der Waals surface area contributed by atoms with Gasteiger partial charge in [0, 0.05) is 16.7 Å². The fraction of sp³-hybridized carbons (Fsp3) is 0.250. The van der Waals surface area contributed by atoms with E-state index in [4.69, 9.17) is 0 Å². The molecule has 0 saturated heterocycles. The van der Waals surface area contributed by atoms with Crippen LogP contribution < -0.4 is 10.0 Å². The van der Waals surface area contributed by atoms with Crippen molar-refractivity contribution in [2.75, 3.05) is 11.9 Å². The summed E-state index contributed by atoms with van der Waals surface area (Å²) >= 11 is 3.09. The third-order valence-corrected chi connectivity index (χ3v) is 4.58. The second-order valence-corrected chi connectivity index (χ2v) is 7.19. The first-order valence-electron chi connectivity index (χ1n) is 5.59. The standard InChI is InChI=1S/C12H13BrN2O3S/c1-7(13)6-14-19(17,18)9-3-4-11-10(5-9)8(2)12(16)15-11/h3-5,8,14H,1,6H2,2H3,(H,15,16). The van der Waals surface area contributed by atoms with E-state index in [9.17, 15) is 13.2 Å². The number of benzene rings is 1. The van der Waals surface area contributed by atoms with Crippen molar-refractivity contribution in [3.05, 3.63) is 34.8 Å². The fourth-order valence-electron chi connectivity index (χ4n) is 1.82. The van der Waals surface area contributed by atoms with Crippen molar-refractivity contribution >= 4 is 37.5 Å². The van der Waals surface area contributed by atoms with Gasteiger partial charge in [0.05, 0.1) is 10.8 Å². The van der Waals surface area contributed by atoms with Crippen molar-refractivity contribution in [3.63, 3.8) is 0 Å². The summed E-state index contributed by atoms with van der Waals surface area (Å²) in [6, 6.07) is 4.60. The Kier molecular flexibility index (Phi) is 3.80. The number of carbonyl (C=O) groups excluding carboxylic acids is 1. The molecule has 0 spiro atoms. The van der Waals surface area contributed by atoms with Gasteiger partial charge in [-0.1, -0.05) is 22.5 Å². The Labute approximate surface area is 120 Å². The van der Waals surface area contributed by atoms with Crippen molar-refractivity contribution in [1.82, 2.24) is 4.72 Å². The molecule has 1 aliphatic heterocycles. The molecule has 2 N–H and O–H groups in total. The predicted octanol–water partition coefficient (Wildman–Crippen LogP) is 1.93. The van der Waals surface area contributed by atoms with Crippen LogP contribution in [0.25, 0.3) is 0 Å². The third-order valence-electron chi connectivity index (χ3n) is 2.90. The molecule has 1 amide bonds. The van der Waals surface area contributed by atoms with E-state index in [1.807, 2.05) is 0 Å². The van der Waals surface area contributed by atoms with Gasteiger partial charge in [0.25, 0.3) is 0 Å². The molecule has 1 atom stereocenters. The smallest absolute Gasteiger partial charge is 0.240 e. The highest BCUT2D eigenvalue weighted by Gasteiger charge is 2.28. The first-order valence-corrected chi connectivity index (χ1v) is 7.86. The van der Waals surface area contributed by atoms with E-state index in [2.05, 4.69) is 32.5 Å². The van der Waals surface area contributed by atoms with Gasteiger partial charge in [-0.25, -0.2) is 13.1 Å². The van der Waals surface area contributed by atoms with Crippen LogP contribution in [0.4, 0.5) is 5.69 Å². The predicted molar refractivity (Wildman–Crippen MR) is 76.7 cm³/mol. The summed E-state index contributed by atoms with van der Waals surface area (Å²) in [5, 5.41) is 2.70. The molecule has 5 nitrogen and oxygen atoms in total. The lowest BCUT2D eigenvalue weighted by Gasteiger charge is -2.08. The molecule has 7 heteroatoms. The Balaban J connectivity index is 2.33. The maximum Gasteiger partial charge on any atom is 0.240 e. The highest BCUT2D eigenvalue weighted by atomic mass is 79.9. The monoisotopic (exact) mass is 344 g/mol. The Hall–Kier alpha value is -1.18. The van der Waals surface area contributed by atoms with Crippen LogP contribution in [0.1, 0.15) is 18.4 Å². The van der Waals surface area contributed by atoms with Crippen LogP contribution in [-0.4, -0.2) is 20.9 Å². The van der Waals surface area contributed by atoms with E-state index in [-0.39, 0.29) is 23.3 Å². The minimum atomic E-state index is -3.60. The van der Waals surface area contributed by atoms with Crippen molar-refractivity contribution in [2.45, 2.75) is 17.7 Å². The lowest BCUT2D eigenvalue weighted by molar-refractivity contribution is -0.116. The van der Waals surface area contributed by atoms with Crippen LogP contribution in [0.3, 0.4) is 0 Å². The molecule has 19 heavy (non-hydrogen) atoms. The van der Waals surface area contributed by atoms with Crippen LogP contribution in [0.2, 0.25) is 0 Å². The highest BCUT2D eigenvalue weighted by molar-refractivity contribution is 9.11. The van der Waals surface area contributed by atoms with Crippen molar-refractivity contribution < 1.29 is 13.2 Å². The van der Waals surface area contributed by atoms with Gasteiger partial charge < -0.3 is 5.32 Å². The SMILES string of the molecule is C=C(Br)CNS(=O)(=O)c1ccc2c(c1)C(C)C(=O)N2. The molecule has 0 bridgehead atoms. The minimum absolute atomic E-state index is 0.117. The molecule has 1 unspecified atom stereocenters. The van der Waals surface area contributed by atoms with Gasteiger partial charge in [-0.3, -0.25) is 4.79 Å². The summed E-state index contributed by atoms with van der Waals surface area (Å²) in [4.78, 5) is 11.7. The molecule has 102 valence electrons. The molecule has 0 fully saturated rings. The largest absolute Gasteiger partial charge is 0.325 e. The van der Waals surface area contributed by atoms with Crippen LogP contribution in [0.5, 0.6) is 0 Å². The second kappa shape index (κ2) is 5.07. The summed E-state index contributed by atoms with van der Waals surface area (Å²) in [5.41, 5.74) is 1.37. The number of anilines is 1. The molecular formula is C12H13BrN2O3S. The van der Waals surface area contributed by atoms with Gasteiger partial charge in [0.15, 0.2) is 0 Å². The van der Waals surface area contributed by atoms with E-state index in [1.165, 1.54) is 12.1 Å². The summed E-state index contributed by atoms with van der Waals surface area (Å²) < 4.78 is 27.0. The molecule has 0 radical (unpaired) electrons. The third kappa shape index (κ3) is 2.88. The molecule has 1 heterocycles. The number of rotatable bonds is 4. The number of amides is 1. The van der Waals surface area contributed by atoms with Crippen LogP contribution >= 0.6 is 15.9 Å². The molecule has 0 saturated carbocycles. The first kappa shape index (κ1) is 14.2. The lowest BCUT2D eigenvalue weighted by Crippen LogP contribution is -2.24. The molecule has 0 aromatic heterocycles. The normalized spacial score (nSPS) is 18.0. The zero-order valence-electron chi connectivity index (χ0n) is 10.2. The Morgan fingerprint density at radius 1 is 1.53 bits per heavy atom. The van der Waals surface area contributed by atoms with Crippen molar-refractivity contribution in [3.8, 4) is 0 Å². The van der Waals surface area contributed by atoms with E-state index >= 15 is 0 Å². The summed E-state index contributed by atoms with van der Waals surface area (Å²) in [7, 11) is -3.60. The first-order chi connectivity index (χ1) is 8.81. The lowest BCUT2D eigenvalue weighted by atomic mass is 10.0. The van der Waals surface area contributed by atoms with E-state index in [1.54, 1.807) is 13.0 Å². The maximum absolute atomic E-state index is 12.0. The summed E-state index contributed by atoms with van der Waals surface area (Å²) in [5.74, 6) is -0.456. The van der Waals surface area contributed by atoms with E-state index < -0.39 is 10.0 Å². The average Bonchev–Trinajstić information content (AvgIpc) is 2.63. The van der Waals surface area contributed by atoms with Crippen LogP contribution in [0.15, 0.2) is 34.2 Å². The quantitative estimate of drug-likeness (QED) is 0.876. The molecular weight excluding hydrogens is 332 g/mol. The second-order valence-electron chi connectivity index (χ2n) is 4.30. The van der Waals surface area contributed by atoms with Crippen LogP contribution in [-0.2, 0) is 14.8 Å². The summed E-state index contributed by atoms with van der Waals surface area (Å²) in [6.07, 6.45) is 0. The molecule has 0 aliphatic carbocycles. The number of nitrogens with one attached hydrogen (secondary N) is 2. The van der Waals surface area contributed by atoms with Gasteiger partial charge in [-0.15, -0.1) is 0 Å². The Morgan fingerprint density at radius 3 is 2.84 bits per heavy atom. The van der Waals surface area contributed by atoms with Crippen LogP contribution in [0, 0.1) is 0 Å². The van der Waals surface area contributed by atoms with E-state index in [0.29, 0.717) is 15.7 Å². The topological polar surface area (TPSA) is 75.3 Å². The van der Waals surface area contributed by atoms with Gasteiger partial charge in [-0.2, -0.15) is 0 Å². The van der Waals surface area contributed by atoms with Crippen molar-refractivity contribution in [1.29, 1.82) is 0 Å². The van der Waals surface area contributed by atoms with Gasteiger partial charge in [-0.05, 0) is 30.7 Å². The highest BCUT2D eigenvalue weighted by Crippen LogP contribution is 2.33. The van der Waals surface area contributed by atoms with Gasteiger partial charge in [0.1, 0.15) is 0 Å². The number of halogens is 1. The van der Waals surface area contributed by atoms with Crippen molar-refractivity contribution in [2.24, 2.45) is 0 Å². The number of sulfonamides is 1. The molecule has 1 aromatic carbocycles. The number of hydrogen-bond acceptors (Lipinski definition) is 3. The zero-order valence-corrected chi connectivity index (χ0v) is 12.6. The maximum atomic E-state index is 12.0. The fourth-order valence-corrected chi connectivity index (χ4v) is 3.20.